The lowest BCUT2D eigenvalue weighted by Gasteiger charge is -2.14. The maximum absolute atomic E-state index is 10.9. The average Bonchev–Trinajstić information content (AvgIpc) is 2.07. The van der Waals surface area contributed by atoms with Gasteiger partial charge in [0.05, 0.1) is 6.61 Å². The molecule has 2 unspecified atom stereocenters. The summed E-state index contributed by atoms with van der Waals surface area (Å²) in [7, 11) is -16.0. The fraction of sp³-hybridized carbons (Fsp3) is 0.667. The Morgan fingerprint density at radius 2 is 1.47 bits per heavy atom. The van der Waals surface area contributed by atoms with Crippen LogP contribution in [0.4, 0.5) is 0 Å². The van der Waals surface area contributed by atoms with Crippen molar-refractivity contribution in [2.75, 3.05) is 6.61 Å². The number of aliphatic hydroxyl groups is 1. The van der Waals surface area contributed by atoms with E-state index >= 15 is 0 Å². The quantitative estimate of drug-likeness (QED) is 0.281. The van der Waals surface area contributed by atoms with E-state index in [9.17, 15) is 18.5 Å². The van der Waals surface area contributed by atoms with Crippen LogP contribution >= 0.6 is 23.5 Å². The maximum atomic E-state index is 10.9. The highest BCUT2D eigenvalue weighted by molar-refractivity contribution is 7.61. The smallest absolute Gasteiger partial charge is 0.379 e. The molecule has 0 spiro atoms. The lowest BCUT2D eigenvalue weighted by atomic mass is 10.4. The number of carbonyl (C=O) groups excluding carboxylic acids is 1. The first-order chi connectivity index (χ1) is 8.22. The molecule has 0 aromatic carbocycles. The average molecular weight is 346 g/mol. The molecule has 0 heterocycles. The molecule has 13 nitrogen and oxygen atoms in total. The fourth-order valence-electron chi connectivity index (χ4n) is 0.561. The van der Waals surface area contributed by atoms with E-state index in [1.54, 1.807) is 0 Å². The van der Waals surface area contributed by atoms with E-state index in [0.717, 1.165) is 0 Å². The zero-order valence-corrected chi connectivity index (χ0v) is 11.4. The Kier molecular flexibility index (Phi) is 6.47. The van der Waals surface area contributed by atoms with Crippen LogP contribution in [0.2, 0.25) is 0 Å². The largest absolute Gasteiger partial charge is 0.538 e. The van der Waals surface area contributed by atoms with E-state index in [-0.39, 0.29) is 0 Å². The van der Waals surface area contributed by atoms with E-state index in [1.165, 1.54) is 0 Å². The molecule has 19 heavy (non-hydrogen) atoms. The van der Waals surface area contributed by atoms with Crippen LogP contribution in [0.5, 0.6) is 0 Å². The van der Waals surface area contributed by atoms with E-state index in [1.807, 2.05) is 0 Å². The summed E-state index contributed by atoms with van der Waals surface area (Å²) in [5, 5.41) is 8.92. The van der Waals surface area contributed by atoms with Crippen molar-refractivity contribution in [1.29, 1.82) is 0 Å². The van der Waals surface area contributed by atoms with Crippen LogP contribution in [0.3, 0.4) is 0 Å². The van der Waals surface area contributed by atoms with Crippen LogP contribution in [-0.2, 0) is 31.8 Å². The van der Waals surface area contributed by atoms with E-state index in [0.29, 0.717) is 0 Å². The number of hydrogen-bond acceptors (Lipinski definition) is 8. The second kappa shape index (κ2) is 6.53. The molecule has 6 N–H and O–H groups in total. The molecule has 0 aromatic rings. The minimum atomic E-state index is -5.51. The van der Waals surface area contributed by atoms with Gasteiger partial charge in [-0.05, 0) is 0 Å². The molecule has 16 heteroatoms. The van der Waals surface area contributed by atoms with E-state index in [2.05, 4.69) is 13.4 Å². The second-order valence-corrected chi connectivity index (χ2v) is 6.75. The van der Waals surface area contributed by atoms with E-state index < -0.39 is 42.1 Å². The number of rotatable bonds is 7. The van der Waals surface area contributed by atoms with Crippen LogP contribution < -0.4 is 0 Å². The van der Waals surface area contributed by atoms with Crippen molar-refractivity contribution in [1.82, 2.24) is 0 Å². The highest BCUT2D eigenvalue weighted by Gasteiger charge is 2.37. The molecule has 0 fully saturated rings. The summed E-state index contributed by atoms with van der Waals surface area (Å²) in [5.74, 6) is -1.95. The summed E-state index contributed by atoms with van der Waals surface area (Å²) in [5.41, 5.74) is 0. The Labute approximate surface area is 104 Å². The third-order valence-corrected chi connectivity index (χ3v) is 3.66. The van der Waals surface area contributed by atoms with Crippen LogP contribution in [0.15, 0.2) is 0 Å². The minimum absolute atomic E-state index is 1.29. The molecule has 0 saturated heterocycles. The molecular weight excluding hydrogens is 337 g/mol. The number of aliphatic hydroxyl groups excluding tert-OH is 1. The second-order valence-electron chi connectivity index (χ2n) is 2.75. The Hall–Kier alpha value is -0.160. The molecule has 114 valence electrons. The summed E-state index contributed by atoms with van der Waals surface area (Å²) in [4.78, 5) is 52.4. The molecule has 2 atom stereocenters. The van der Waals surface area contributed by atoms with Gasteiger partial charge in [-0.1, -0.05) is 0 Å². The first-order valence-corrected chi connectivity index (χ1v) is 8.49. The maximum Gasteiger partial charge on any atom is 0.538 e. The number of phosphoric ester groups is 2. The topological polar surface area (TPSA) is 217 Å². The molecule has 0 amide bonds. The highest BCUT2D eigenvalue weighted by atomic mass is 31.3. The van der Waals surface area contributed by atoms with Crippen molar-refractivity contribution in [2.45, 2.75) is 6.10 Å². The predicted octanol–water partition coefficient (Wildman–Crippen LogP) is -1.79. The first-order valence-electron chi connectivity index (χ1n) is 3.93. The monoisotopic (exact) mass is 346 g/mol. The van der Waals surface area contributed by atoms with Crippen molar-refractivity contribution in [3.63, 3.8) is 0 Å². The standard InChI is InChI=1S/C3H9O13P3/c4-2(1-14-17(6,7)8)3(5)15-19(12,13)16-18(9,10)11/h2,4H,1H2,(H,12,13)(H2,6,7,8)(H2,9,10,11). The number of hydrogen-bond donors (Lipinski definition) is 6. The molecule has 0 aliphatic carbocycles. The Balaban J connectivity index is 4.48. The molecule has 0 aliphatic heterocycles. The van der Waals surface area contributed by atoms with Crippen LogP contribution in [-0.4, -0.2) is 48.3 Å². The van der Waals surface area contributed by atoms with Crippen LogP contribution in [0.1, 0.15) is 0 Å². The van der Waals surface area contributed by atoms with Crippen LogP contribution in [0.25, 0.3) is 0 Å². The lowest BCUT2D eigenvalue weighted by Crippen LogP contribution is -2.27. The number of carbonyl (C=O) groups is 1. The van der Waals surface area contributed by atoms with Gasteiger partial charge in [0.15, 0.2) is 6.10 Å². The van der Waals surface area contributed by atoms with Gasteiger partial charge in [-0.25, -0.2) is 18.5 Å². The van der Waals surface area contributed by atoms with Crippen molar-refractivity contribution in [3.05, 3.63) is 0 Å². The third kappa shape index (κ3) is 10.3. The van der Waals surface area contributed by atoms with Gasteiger partial charge in [-0.3, -0.25) is 9.42 Å². The molecule has 0 aromatic heterocycles. The van der Waals surface area contributed by atoms with Gasteiger partial charge in [0.2, 0.25) is 0 Å². The van der Waals surface area contributed by atoms with Crippen molar-refractivity contribution < 1.29 is 61.4 Å². The SMILES string of the molecule is O=C(OP(=O)(O)OP(=O)(O)O)C(O)COP(=O)(O)O. The lowest BCUT2D eigenvalue weighted by molar-refractivity contribution is -0.146. The van der Waals surface area contributed by atoms with Gasteiger partial charge in [-0.15, -0.1) is 0 Å². The molecule has 0 saturated carbocycles. The fourth-order valence-corrected chi connectivity index (χ4v) is 2.45. The Morgan fingerprint density at radius 3 is 1.84 bits per heavy atom. The predicted molar refractivity (Wildman–Crippen MR) is 53.0 cm³/mol. The van der Waals surface area contributed by atoms with Crippen LogP contribution in [0, 0.1) is 0 Å². The summed E-state index contributed by atoms with van der Waals surface area (Å²) in [6.45, 7) is -1.29. The van der Waals surface area contributed by atoms with E-state index in [4.69, 9.17) is 29.6 Å². The van der Waals surface area contributed by atoms with Crippen molar-refractivity contribution in [2.24, 2.45) is 0 Å². The highest BCUT2D eigenvalue weighted by Crippen LogP contribution is 2.57. The van der Waals surface area contributed by atoms with Gasteiger partial charge in [0.1, 0.15) is 0 Å². The van der Waals surface area contributed by atoms with Gasteiger partial charge < -0.3 is 29.2 Å². The van der Waals surface area contributed by atoms with Gasteiger partial charge in [0, 0.05) is 0 Å². The molecule has 0 aliphatic rings. The third-order valence-electron chi connectivity index (χ3n) is 1.09. The molecule has 0 radical (unpaired) electrons. The summed E-state index contributed by atoms with van der Waals surface area (Å²) >= 11 is 0. The summed E-state index contributed by atoms with van der Waals surface area (Å²) < 4.78 is 41.7. The molecular formula is C3H9O13P3. The van der Waals surface area contributed by atoms with Gasteiger partial charge in [-0.2, -0.15) is 4.31 Å². The Morgan fingerprint density at radius 1 is 1.00 bits per heavy atom. The molecule has 0 rings (SSSR count). The van der Waals surface area contributed by atoms with Gasteiger partial charge in [0.25, 0.3) is 0 Å². The van der Waals surface area contributed by atoms with Gasteiger partial charge >= 0.3 is 29.4 Å². The minimum Gasteiger partial charge on any atom is -0.379 e. The zero-order chi connectivity index (χ0) is 15.5. The first kappa shape index (κ1) is 18.8. The zero-order valence-electron chi connectivity index (χ0n) is 8.67. The number of phosphoric acid groups is 3. The van der Waals surface area contributed by atoms with Crippen molar-refractivity contribution >= 4 is 29.4 Å². The van der Waals surface area contributed by atoms with Crippen molar-refractivity contribution in [3.8, 4) is 0 Å². The summed E-state index contributed by atoms with van der Waals surface area (Å²) in [6.07, 6.45) is -2.39. The molecule has 0 bridgehead atoms. The summed E-state index contributed by atoms with van der Waals surface area (Å²) in [6, 6.07) is 0. The normalized spacial score (nSPS) is 17.6. The Bertz CT molecular complexity index is 456.